The van der Waals surface area contributed by atoms with Gasteiger partial charge in [0.1, 0.15) is 0 Å². The first-order valence-electron chi connectivity index (χ1n) is 7.46. The Balaban J connectivity index is 1.96. The number of aryl methyl sites for hydroxylation is 1. The van der Waals surface area contributed by atoms with Crippen LogP contribution in [0.2, 0.25) is 0 Å². The van der Waals surface area contributed by atoms with Crippen LogP contribution in [0.3, 0.4) is 0 Å². The van der Waals surface area contributed by atoms with Gasteiger partial charge in [-0.05, 0) is 38.3 Å². The highest BCUT2D eigenvalue weighted by molar-refractivity contribution is 5.97. The molecule has 0 bridgehead atoms. The van der Waals surface area contributed by atoms with Gasteiger partial charge in [0.25, 0.3) is 0 Å². The van der Waals surface area contributed by atoms with E-state index in [1.165, 1.54) is 5.56 Å². The second kappa shape index (κ2) is 6.51. The molecule has 1 aromatic carbocycles. The number of nitrogens with zero attached hydrogens (tertiary/aromatic N) is 1. The van der Waals surface area contributed by atoms with Crippen LogP contribution >= 0.6 is 0 Å². The van der Waals surface area contributed by atoms with Crippen molar-refractivity contribution in [2.45, 2.75) is 38.7 Å². The van der Waals surface area contributed by atoms with E-state index in [2.05, 4.69) is 18.7 Å². The molecule has 0 spiro atoms. The van der Waals surface area contributed by atoms with Crippen LogP contribution in [0, 0.1) is 0 Å². The molecule has 0 aliphatic carbocycles. The van der Waals surface area contributed by atoms with Crippen LogP contribution in [0.25, 0.3) is 0 Å². The highest BCUT2D eigenvalue weighted by Crippen LogP contribution is 2.23. The summed E-state index contributed by atoms with van der Waals surface area (Å²) >= 11 is 0. The van der Waals surface area contributed by atoms with Gasteiger partial charge >= 0.3 is 0 Å². The van der Waals surface area contributed by atoms with Gasteiger partial charge in [-0.3, -0.25) is 9.69 Å². The molecule has 3 heteroatoms. The summed E-state index contributed by atoms with van der Waals surface area (Å²) in [6.07, 6.45) is 3.17. The van der Waals surface area contributed by atoms with E-state index in [4.69, 9.17) is 4.74 Å². The average Bonchev–Trinajstić information content (AvgIpc) is 2.47. The second-order valence-electron chi connectivity index (χ2n) is 5.94. The number of Topliss-reactive ketones (excluding diaryl/α,β-unsaturated/α-hetero) is 1. The third-order valence-corrected chi connectivity index (χ3v) is 4.28. The third kappa shape index (κ3) is 3.68. The molecular formula is C17H25NO2. The molecule has 1 aliphatic heterocycles. The Bertz CT molecular complexity index is 455. The number of carbonyl (C=O) groups is 1. The molecule has 1 unspecified atom stereocenters. The number of hydrogen-bond acceptors (Lipinski definition) is 3. The van der Waals surface area contributed by atoms with E-state index >= 15 is 0 Å². The monoisotopic (exact) mass is 275 g/mol. The largest absolute Gasteiger partial charge is 0.377 e. The molecule has 0 amide bonds. The SMILES string of the molecule is CCc1ccc(C(=O)CN2CCCC(C)(OC)C2)cc1. The van der Waals surface area contributed by atoms with E-state index in [9.17, 15) is 4.79 Å². The molecule has 0 N–H and O–H groups in total. The Kier molecular flexibility index (Phi) is 4.95. The number of rotatable bonds is 5. The lowest BCUT2D eigenvalue weighted by Gasteiger charge is -2.39. The maximum atomic E-state index is 12.3. The summed E-state index contributed by atoms with van der Waals surface area (Å²) in [6, 6.07) is 7.98. The van der Waals surface area contributed by atoms with Gasteiger partial charge in [0, 0.05) is 19.2 Å². The predicted octanol–water partition coefficient (Wildman–Crippen LogP) is 2.93. The Morgan fingerprint density at radius 2 is 2.05 bits per heavy atom. The number of ketones is 1. The fraction of sp³-hybridized carbons (Fsp3) is 0.588. The van der Waals surface area contributed by atoms with E-state index in [1.54, 1.807) is 7.11 Å². The Hall–Kier alpha value is -1.19. The number of ether oxygens (including phenoxy) is 1. The molecule has 1 heterocycles. The lowest BCUT2D eigenvalue weighted by atomic mass is 9.94. The summed E-state index contributed by atoms with van der Waals surface area (Å²) in [6.45, 7) is 6.56. The smallest absolute Gasteiger partial charge is 0.176 e. The topological polar surface area (TPSA) is 29.5 Å². The van der Waals surface area contributed by atoms with Crippen LogP contribution in [0.5, 0.6) is 0 Å². The molecule has 3 nitrogen and oxygen atoms in total. The van der Waals surface area contributed by atoms with Crippen LogP contribution < -0.4 is 0 Å². The molecule has 1 saturated heterocycles. The van der Waals surface area contributed by atoms with Crippen LogP contribution in [-0.4, -0.2) is 43.0 Å². The quantitative estimate of drug-likeness (QED) is 0.774. The van der Waals surface area contributed by atoms with Gasteiger partial charge in [0.2, 0.25) is 0 Å². The normalized spacial score (nSPS) is 23.8. The lowest BCUT2D eigenvalue weighted by molar-refractivity contribution is -0.0485. The maximum Gasteiger partial charge on any atom is 0.176 e. The van der Waals surface area contributed by atoms with Crippen molar-refractivity contribution in [3.8, 4) is 0 Å². The first kappa shape index (κ1) is 15.2. The molecule has 0 saturated carbocycles. The zero-order valence-electron chi connectivity index (χ0n) is 12.8. The van der Waals surface area contributed by atoms with Gasteiger partial charge in [-0.2, -0.15) is 0 Å². The van der Waals surface area contributed by atoms with E-state index < -0.39 is 0 Å². The van der Waals surface area contributed by atoms with Crippen molar-refractivity contribution in [1.29, 1.82) is 0 Å². The molecule has 2 rings (SSSR count). The van der Waals surface area contributed by atoms with Crippen molar-refractivity contribution < 1.29 is 9.53 Å². The fourth-order valence-corrected chi connectivity index (χ4v) is 2.83. The number of hydrogen-bond donors (Lipinski definition) is 0. The summed E-state index contributed by atoms with van der Waals surface area (Å²) < 4.78 is 5.57. The number of piperidine rings is 1. The van der Waals surface area contributed by atoms with Gasteiger partial charge < -0.3 is 4.74 Å². The minimum Gasteiger partial charge on any atom is -0.377 e. The molecule has 1 aliphatic rings. The molecular weight excluding hydrogens is 250 g/mol. The van der Waals surface area contributed by atoms with E-state index in [0.717, 1.165) is 37.9 Å². The van der Waals surface area contributed by atoms with Gasteiger partial charge in [-0.15, -0.1) is 0 Å². The Morgan fingerprint density at radius 1 is 1.35 bits per heavy atom. The summed E-state index contributed by atoms with van der Waals surface area (Å²) in [5.41, 5.74) is 1.98. The van der Waals surface area contributed by atoms with Crippen molar-refractivity contribution in [3.63, 3.8) is 0 Å². The first-order valence-corrected chi connectivity index (χ1v) is 7.46. The van der Waals surface area contributed by atoms with Crippen molar-refractivity contribution >= 4 is 5.78 Å². The number of methoxy groups -OCH3 is 1. The van der Waals surface area contributed by atoms with Crippen molar-refractivity contribution in [1.82, 2.24) is 4.90 Å². The minimum absolute atomic E-state index is 0.107. The summed E-state index contributed by atoms with van der Waals surface area (Å²) in [4.78, 5) is 14.5. The molecule has 1 atom stereocenters. The van der Waals surface area contributed by atoms with Crippen molar-refractivity contribution in [3.05, 3.63) is 35.4 Å². The van der Waals surface area contributed by atoms with E-state index in [0.29, 0.717) is 6.54 Å². The molecule has 1 fully saturated rings. The highest BCUT2D eigenvalue weighted by Gasteiger charge is 2.31. The van der Waals surface area contributed by atoms with Gasteiger partial charge in [-0.1, -0.05) is 31.2 Å². The third-order valence-electron chi connectivity index (χ3n) is 4.28. The van der Waals surface area contributed by atoms with E-state index in [1.807, 2.05) is 24.3 Å². The van der Waals surface area contributed by atoms with Crippen LogP contribution in [-0.2, 0) is 11.2 Å². The molecule has 1 aromatic rings. The summed E-state index contributed by atoms with van der Waals surface area (Å²) in [7, 11) is 1.76. The highest BCUT2D eigenvalue weighted by atomic mass is 16.5. The fourth-order valence-electron chi connectivity index (χ4n) is 2.83. The van der Waals surface area contributed by atoms with Crippen LogP contribution in [0.1, 0.15) is 42.6 Å². The van der Waals surface area contributed by atoms with Gasteiger partial charge in [0.15, 0.2) is 5.78 Å². The minimum atomic E-state index is -0.107. The lowest BCUT2D eigenvalue weighted by Crippen LogP contribution is -2.48. The number of benzene rings is 1. The first-order chi connectivity index (χ1) is 9.56. The number of carbonyl (C=O) groups excluding carboxylic acids is 1. The molecule has 20 heavy (non-hydrogen) atoms. The van der Waals surface area contributed by atoms with Crippen LogP contribution in [0.4, 0.5) is 0 Å². The van der Waals surface area contributed by atoms with Gasteiger partial charge in [-0.25, -0.2) is 0 Å². The standard InChI is InChI=1S/C17H25NO2/c1-4-14-6-8-15(9-7-14)16(19)12-18-11-5-10-17(2,13-18)20-3/h6-9H,4-5,10-13H2,1-3H3. The Morgan fingerprint density at radius 3 is 2.65 bits per heavy atom. The predicted molar refractivity (Wildman–Crippen MR) is 81.2 cm³/mol. The summed E-state index contributed by atoms with van der Waals surface area (Å²) in [5, 5.41) is 0. The Labute approximate surface area is 121 Å². The summed E-state index contributed by atoms with van der Waals surface area (Å²) in [5.74, 6) is 0.202. The zero-order chi connectivity index (χ0) is 14.6. The van der Waals surface area contributed by atoms with Crippen LogP contribution in [0.15, 0.2) is 24.3 Å². The van der Waals surface area contributed by atoms with E-state index in [-0.39, 0.29) is 11.4 Å². The van der Waals surface area contributed by atoms with Crippen molar-refractivity contribution in [2.24, 2.45) is 0 Å². The van der Waals surface area contributed by atoms with Crippen molar-refractivity contribution in [2.75, 3.05) is 26.7 Å². The van der Waals surface area contributed by atoms with Gasteiger partial charge in [0.05, 0.1) is 12.1 Å². The zero-order valence-corrected chi connectivity index (χ0v) is 12.8. The maximum absolute atomic E-state index is 12.3. The average molecular weight is 275 g/mol. The number of likely N-dealkylation sites (tertiary alicyclic amines) is 1. The molecule has 0 aromatic heterocycles. The second-order valence-corrected chi connectivity index (χ2v) is 5.94. The molecule has 110 valence electrons. The molecule has 0 radical (unpaired) electrons.